The van der Waals surface area contributed by atoms with Gasteiger partial charge in [0.25, 0.3) is 0 Å². The van der Waals surface area contributed by atoms with E-state index in [1.165, 1.54) is 12.1 Å². The second-order valence-corrected chi connectivity index (χ2v) is 5.00. The van der Waals surface area contributed by atoms with E-state index in [1.54, 1.807) is 25.4 Å². The van der Waals surface area contributed by atoms with E-state index >= 15 is 0 Å². The molecule has 0 bridgehead atoms. The molecule has 0 amide bonds. The van der Waals surface area contributed by atoms with E-state index in [0.717, 1.165) is 17.5 Å². The van der Waals surface area contributed by atoms with Gasteiger partial charge in [-0.2, -0.15) is 0 Å². The van der Waals surface area contributed by atoms with Gasteiger partial charge in [0.2, 0.25) is 5.88 Å². The maximum Gasteiger partial charge on any atom is 0.212 e. The van der Waals surface area contributed by atoms with Crippen LogP contribution in [0, 0.1) is 5.82 Å². The fraction of sp³-hybridized carbons (Fsp3) is 0.312. The molecule has 2 unspecified atom stereocenters. The minimum Gasteiger partial charge on any atom is -0.485 e. The van der Waals surface area contributed by atoms with E-state index < -0.39 is 0 Å². The Balaban J connectivity index is 1.91. The molecule has 0 radical (unpaired) electrons. The molecule has 1 aromatic carbocycles. The van der Waals surface area contributed by atoms with E-state index in [-0.39, 0.29) is 18.0 Å². The number of pyridine rings is 1. The predicted molar refractivity (Wildman–Crippen MR) is 77.0 cm³/mol. The monoisotopic (exact) mass is 288 g/mol. The lowest BCUT2D eigenvalue weighted by Gasteiger charge is -2.32. The number of ether oxygens (including phenoxy) is 2. The van der Waals surface area contributed by atoms with Crippen molar-refractivity contribution in [3.63, 3.8) is 0 Å². The molecule has 0 fully saturated rings. The van der Waals surface area contributed by atoms with Crippen LogP contribution in [0.4, 0.5) is 4.39 Å². The highest BCUT2D eigenvalue weighted by Crippen LogP contribution is 2.40. The van der Waals surface area contributed by atoms with Crippen LogP contribution in [0.15, 0.2) is 36.5 Å². The average Bonchev–Trinajstić information content (AvgIpc) is 2.53. The number of rotatable bonds is 3. The Kier molecular flexibility index (Phi) is 3.75. The first-order valence-electron chi connectivity index (χ1n) is 6.84. The fourth-order valence-corrected chi connectivity index (χ4v) is 2.62. The van der Waals surface area contributed by atoms with E-state index in [1.807, 2.05) is 13.1 Å². The Bertz CT molecular complexity index is 631. The van der Waals surface area contributed by atoms with Crippen LogP contribution in [-0.4, -0.2) is 19.1 Å². The van der Waals surface area contributed by atoms with E-state index in [0.29, 0.717) is 11.6 Å². The van der Waals surface area contributed by atoms with Crippen molar-refractivity contribution < 1.29 is 13.9 Å². The molecule has 1 N–H and O–H groups in total. The van der Waals surface area contributed by atoms with Crippen LogP contribution in [0.25, 0.3) is 0 Å². The smallest absolute Gasteiger partial charge is 0.212 e. The van der Waals surface area contributed by atoms with Crippen molar-refractivity contribution in [2.24, 2.45) is 0 Å². The fourth-order valence-electron chi connectivity index (χ4n) is 2.62. The van der Waals surface area contributed by atoms with Crippen LogP contribution in [0.3, 0.4) is 0 Å². The highest BCUT2D eigenvalue weighted by molar-refractivity contribution is 5.39. The molecule has 4 nitrogen and oxygen atoms in total. The Morgan fingerprint density at radius 1 is 1.33 bits per heavy atom. The first kappa shape index (κ1) is 13.8. The van der Waals surface area contributed by atoms with Crippen molar-refractivity contribution in [1.82, 2.24) is 10.3 Å². The van der Waals surface area contributed by atoms with Gasteiger partial charge in [0.05, 0.1) is 7.11 Å². The predicted octanol–water partition coefficient (Wildman–Crippen LogP) is 3.01. The topological polar surface area (TPSA) is 43.4 Å². The van der Waals surface area contributed by atoms with Crippen molar-refractivity contribution in [2.75, 3.05) is 14.2 Å². The Hall–Kier alpha value is -2.14. The minimum absolute atomic E-state index is 0.126. The molecule has 1 aliphatic rings. The molecule has 0 spiro atoms. The molecular formula is C16H17FN2O2. The Morgan fingerprint density at radius 2 is 2.19 bits per heavy atom. The van der Waals surface area contributed by atoms with Crippen LogP contribution >= 0.6 is 0 Å². The summed E-state index contributed by atoms with van der Waals surface area (Å²) in [7, 11) is 3.47. The molecule has 5 heteroatoms. The van der Waals surface area contributed by atoms with Crippen LogP contribution in [0.1, 0.15) is 29.7 Å². The van der Waals surface area contributed by atoms with E-state index in [4.69, 9.17) is 9.47 Å². The van der Waals surface area contributed by atoms with E-state index in [2.05, 4.69) is 10.3 Å². The zero-order chi connectivity index (χ0) is 14.8. The SMILES string of the molecule is CNC1CC(c2ccc(OC)nc2)Oc2cc(F)ccc21. The molecule has 1 aromatic heterocycles. The summed E-state index contributed by atoms with van der Waals surface area (Å²) in [4.78, 5) is 4.20. The molecule has 0 aliphatic carbocycles. The normalized spacial score (nSPS) is 20.5. The third kappa shape index (κ3) is 2.69. The highest BCUT2D eigenvalue weighted by Gasteiger charge is 2.28. The second kappa shape index (κ2) is 5.69. The molecule has 3 rings (SSSR count). The van der Waals surface area contributed by atoms with Crippen LogP contribution < -0.4 is 14.8 Å². The molecule has 1 aliphatic heterocycles. The summed E-state index contributed by atoms with van der Waals surface area (Å²) >= 11 is 0. The number of hydrogen-bond donors (Lipinski definition) is 1. The van der Waals surface area contributed by atoms with Gasteiger partial charge in [-0.3, -0.25) is 0 Å². The van der Waals surface area contributed by atoms with E-state index in [9.17, 15) is 4.39 Å². The lowest BCUT2D eigenvalue weighted by atomic mass is 9.93. The number of fused-ring (bicyclic) bond motifs is 1. The van der Waals surface area contributed by atoms with Crippen molar-refractivity contribution in [2.45, 2.75) is 18.6 Å². The molecule has 0 saturated heterocycles. The zero-order valence-electron chi connectivity index (χ0n) is 12.0. The highest BCUT2D eigenvalue weighted by atomic mass is 19.1. The minimum atomic E-state index is -0.294. The molecule has 2 aromatic rings. The van der Waals surface area contributed by atoms with Gasteiger partial charge >= 0.3 is 0 Å². The summed E-state index contributed by atoms with van der Waals surface area (Å²) in [5.74, 6) is 0.852. The number of benzene rings is 1. The lowest BCUT2D eigenvalue weighted by Crippen LogP contribution is -2.26. The largest absolute Gasteiger partial charge is 0.485 e. The summed E-state index contributed by atoms with van der Waals surface area (Å²) < 4.78 is 24.4. The number of aromatic nitrogens is 1. The standard InChI is InChI=1S/C16H17FN2O2/c1-18-13-8-14(10-3-6-16(20-2)19-9-10)21-15-7-11(17)4-5-12(13)15/h3-7,9,13-14,18H,8H2,1-2H3. The summed E-state index contributed by atoms with van der Waals surface area (Å²) in [6.07, 6.45) is 2.35. The van der Waals surface area contributed by atoms with Gasteiger partial charge in [0, 0.05) is 41.9 Å². The van der Waals surface area contributed by atoms with Gasteiger partial charge in [-0.15, -0.1) is 0 Å². The van der Waals surface area contributed by atoms with Crippen LogP contribution in [-0.2, 0) is 0 Å². The van der Waals surface area contributed by atoms with Crippen LogP contribution in [0.5, 0.6) is 11.6 Å². The van der Waals surface area contributed by atoms with Gasteiger partial charge in [-0.05, 0) is 19.2 Å². The molecule has 2 heterocycles. The van der Waals surface area contributed by atoms with Crippen molar-refractivity contribution >= 4 is 0 Å². The van der Waals surface area contributed by atoms with Gasteiger partial charge in [-0.25, -0.2) is 9.37 Å². The van der Waals surface area contributed by atoms with Crippen molar-refractivity contribution in [3.05, 3.63) is 53.5 Å². The van der Waals surface area contributed by atoms with Crippen LogP contribution in [0.2, 0.25) is 0 Å². The summed E-state index contributed by atoms with van der Waals surface area (Å²) in [5, 5.41) is 3.25. The molecular weight excluding hydrogens is 271 g/mol. The second-order valence-electron chi connectivity index (χ2n) is 5.00. The zero-order valence-corrected chi connectivity index (χ0v) is 12.0. The Labute approximate surface area is 122 Å². The van der Waals surface area contributed by atoms with Gasteiger partial charge in [0.15, 0.2) is 0 Å². The summed E-state index contributed by atoms with van der Waals surface area (Å²) in [6.45, 7) is 0. The first-order chi connectivity index (χ1) is 10.2. The Morgan fingerprint density at radius 3 is 2.86 bits per heavy atom. The van der Waals surface area contributed by atoms with Gasteiger partial charge in [0.1, 0.15) is 17.7 Å². The maximum absolute atomic E-state index is 13.4. The third-order valence-electron chi connectivity index (χ3n) is 3.76. The maximum atomic E-state index is 13.4. The number of halogens is 1. The number of nitrogens with one attached hydrogen (secondary N) is 1. The molecule has 2 atom stereocenters. The number of hydrogen-bond acceptors (Lipinski definition) is 4. The van der Waals surface area contributed by atoms with Crippen molar-refractivity contribution in [1.29, 1.82) is 0 Å². The molecule has 21 heavy (non-hydrogen) atoms. The molecule has 0 saturated carbocycles. The first-order valence-corrected chi connectivity index (χ1v) is 6.84. The third-order valence-corrected chi connectivity index (χ3v) is 3.76. The average molecular weight is 288 g/mol. The van der Waals surface area contributed by atoms with Gasteiger partial charge < -0.3 is 14.8 Å². The summed E-state index contributed by atoms with van der Waals surface area (Å²) in [6, 6.07) is 8.52. The number of methoxy groups -OCH3 is 1. The van der Waals surface area contributed by atoms with Gasteiger partial charge in [-0.1, -0.05) is 6.07 Å². The number of nitrogens with zero attached hydrogens (tertiary/aromatic N) is 1. The van der Waals surface area contributed by atoms with Crippen molar-refractivity contribution in [3.8, 4) is 11.6 Å². The lowest BCUT2D eigenvalue weighted by molar-refractivity contribution is 0.152. The summed E-state index contributed by atoms with van der Waals surface area (Å²) in [5.41, 5.74) is 1.93. The quantitative estimate of drug-likeness (QED) is 0.943. The molecule has 110 valence electrons.